The van der Waals surface area contributed by atoms with Crippen molar-refractivity contribution in [2.24, 2.45) is 16.5 Å². The summed E-state index contributed by atoms with van der Waals surface area (Å²) in [6, 6.07) is 5.52. The quantitative estimate of drug-likeness (QED) is 0.750. The number of nitrogens with zero attached hydrogens (tertiary/aromatic N) is 3. The fourth-order valence-corrected chi connectivity index (χ4v) is 2.53. The molecule has 2 aromatic rings. The van der Waals surface area contributed by atoms with E-state index in [-0.39, 0.29) is 5.84 Å². The molecule has 3 rings (SSSR count). The summed E-state index contributed by atoms with van der Waals surface area (Å²) >= 11 is 0. The number of benzene rings is 1. The topological polar surface area (TPSA) is 121 Å². The highest BCUT2D eigenvalue weighted by atomic mass is 16.5. The van der Waals surface area contributed by atoms with Crippen molar-refractivity contribution in [3.05, 3.63) is 42.0 Å². The molecule has 8 heteroatoms. The van der Waals surface area contributed by atoms with Crippen LogP contribution in [-0.4, -0.2) is 35.8 Å². The molecule has 1 atom stereocenters. The normalized spacial score (nSPS) is 19.3. The smallest absolute Gasteiger partial charge is 0.189 e. The number of fused-ring (bicyclic) bond motifs is 1. The van der Waals surface area contributed by atoms with Crippen LogP contribution < -0.4 is 26.3 Å². The number of anilines is 1. The molecule has 0 amide bonds. The number of nitrogens with one attached hydrogen (secondary N) is 1. The van der Waals surface area contributed by atoms with E-state index < -0.39 is 5.79 Å². The summed E-state index contributed by atoms with van der Waals surface area (Å²) in [5.41, 5.74) is 14.4. The Kier molecular flexibility index (Phi) is 3.75. The van der Waals surface area contributed by atoms with E-state index in [1.54, 1.807) is 26.5 Å². The number of ether oxygens (including phenoxy) is 2. The van der Waals surface area contributed by atoms with Crippen molar-refractivity contribution in [1.82, 2.24) is 9.97 Å². The molecule has 23 heavy (non-hydrogen) atoms. The molecular formula is C15H18N6O2. The molecule has 0 bridgehead atoms. The van der Waals surface area contributed by atoms with E-state index in [1.165, 1.54) is 6.33 Å². The molecule has 1 aromatic carbocycles. The van der Waals surface area contributed by atoms with Crippen molar-refractivity contribution in [1.29, 1.82) is 0 Å². The Morgan fingerprint density at radius 3 is 2.83 bits per heavy atom. The number of rotatable bonds is 4. The van der Waals surface area contributed by atoms with Crippen molar-refractivity contribution in [2.75, 3.05) is 19.5 Å². The highest BCUT2D eigenvalue weighted by Gasteiger charge is 2.32. The van der Waals surface area contributed by atoms with Gasteiger partial charge in [-0.3, -0.25) is 5.73 Å². The van der Waals surface area contributed by atoms with Gasteiger partial charge in [-0.25, -0.2) is 15.0 Å². The fraction of sp³-hybridized carbons (Fsp3) is 0.267. The molecular weight excluding hydrogens is 296 g/mol. The Hall–Kier alpha value is -2.87. The second kappa shape index (κ2) is 5.73. The van der Waals surface area contributed by atoms with E-state index >= 15 is 0 Å². The molecule has 0 fully saturated rings. The molecule has 1 aliphatic heterocycles. The summed E-state index contributed by atoms with van der Waals surface area (Å²) in [5.74, 6) is 0.537. The molecule has 1 unspecified atom stereocenters. The minimum absolute atomic E-state index is 0.274. The lowest BCUT2D eigenvalue weighted by molar-refractivity contribution is 0.386. The first-order valence-corrected chi connectivity index (χ1v) is 6.98. The van der Waals surface area contributed by atoms with Crippen LogP contribution in [0.2, 0.25) is 0 Å². The van der Waals surface area contributed by atoms with E-state index in [0.717, 1.165) is 5.56 Å². The number of hydrogen-bond acceptors (Lipinski definition) is 8. The number of amidine groups is 1. The number of nitrogens with two attached hydrogens (primary N) is 2. The molecule has 1 aliphatic rings. The van der Waals surface area contributed by atoms with Crippen LogP contribution in [0.5, 0.6) is 11.5 Å². The predicted octanol–water partition coefficient (Wildman–Crippen LogP) is 0.480. The van der Waals surface area contributed by atoms with Gasteiger partial charge in [0.15, 0.2) is 11.6 Å². The number of aliphatic imine (C=N–C) groups is 1. The first-order valence-electron chi connectivity index (χ1n) is 6.98. The van der Waals surface area contributed by atoms with Gasteiger partial charge in [0.2, 0.25) is 0 Å². The summed E-state index contributed by atoms with van der Waals surface area (Å²) < 4.78 is 10.6. The maximum atomic E-state index is 6.37. The van der Waals surface area contributed by atoms with Crippen LogP contribution in [0.4, 0.5) is 5.69 Å². The highest BCUT2D eigenvalue weighted by Crippen LogP contribution is 2.30. The van der Waals surface area contributed by atoms with E-state index in [1.807, 2.05) is 12.1 Å². The zero-order valence-corrected chi connectivity index (χ0v) is 12.9. The minimum atomic E-state index is -1.11. The van der Waals surface area contributed by atoms with Crippen LogP contribution in [0.25, 0.3) is 0 Å². The Labute approximate surface area is 133 Å². The molecule has 0 saturated heterocycles. The Morgan fingerprint density at radius 1 is 1.26 bits per heavy atom. The number of hydrogen-bond donors (Lipinski definition) is 3. The Balaban J connectivity index is 1.93. The van der Waals surface area contributed by atoms with Crippen LogP contribution in [0.1, 0.15) is 11.3 Å². The fourth-order valence-electron chi connectivity index (χ4n) is 2.53. The van der Waals surface area contributed by atoms with Crippen molar-refractivity contribution in [3.63, 3.8) is 0 Å². The van der Waals surface area contributed by atoms with Gasteiger partial charge in [0, 0.05) is 18.1 Å². The standard InChI is InChI=1S/C15H18N6O2/c1-22-10-4-3-9(12(5-10)23-2)6-15(17)20-11-7-18-8-19-13(11)14(16)21-15/h3-5,7-8,20H,6,17H2,1-2H3,(H2,16,21). The average molecular weight is 314 g/mol. The van der Waals surface area contributed by atoms with Gasteiger partial charge in [0.05, 0.1) is 26.1 Å². The molecule has 0 saturated carbocycles. The Morgan fingerprint density at radius 2 is 2.09 bits per heavy atom. The summed E-state index contributed by atoms with van der Waals surface area (Å²) in [7, 11) is 3.19. The molecule has 2 heterocycles. The number of aromatic nitrogens is 2. The van der Waals surface area contributed by atoms with Crippen molar-refractivity contribution in [3.8, 4) is 11.5 Å². The second-order valence-corrected chi connectivity index (χ2v) is 5.19. The largest absolute Gasteiger partial charge is 0.497 e. The molecule has 120 valence electrons. The monoisotopic (exact) mass is 314 g/mol. The van der Waals surface area contributed by atoms with Gasteiger partial charge in [-0.1, -0.05) is 6.07 Å². The van der Waals surface area contributed by atoms with Crippen LogP contribution in [0.3, 0.4) is 0 Å². The first kappa shape index (κ1) is 15.0. The zero-order valence-electron chi connectivity index (χ0n) is 12.9. The lowest BCUT2D eigenvalue weighted by Crippen LogP contribution is -2.52. The maximum absolute atomic E-state index is 6.37. The van der Waals surface area contributed by atoms with Crippen LogP contribution in [-0.2, 0) is 6.42 Å². The molecule has 0 spiro atoms. The van der Waals surface area contributed by atoms with Gasteiger partial charge >= 0.3 is 0 Å². The third-order valence-corrected chi connectivity index (χ3v) is 3.58. The highest BCUT2D eigenvalue weighted by molar-refractivity contribution is 6.02. The van der Waals surface area contributed by atoms with Gasteiger partial charge in [-0.05, 0) is 6.07 Å². The first-order chi connectivity index (χ1) is 11.0. The molecule has 5 N–H and O–H groups in total. The van der Waals surface area contributed by atoms with Crippen molar-refractivity contribution < 1.29 is 9.47 Å². The maximum Gasteiger partial charge on any atom is 0.189 e. The molecule has 8 nitrogen and oxygen atoms in total. The zero-order chi connectivity index (χ0) is 16.4. The average Bonchev–Trinajstić information content (AvgIpc) is 2.54. The van der Waals surface area contributed by atoms with Gasteiger partial charge in [0.25, 0.3) is 0 Å². The van der Waals surface area contributed by atoms with Gasteiger partial charge in [-0.2, -0.15) is 0 Å². The summed E-state index contributed by atoms with van der Waals surface area (Å²) in [4.78, 5) is 12.4. The van der Waals surface area contributed by atoms with Gasteiger partial charge in [0.1, 0.15) is 23.5 Å². The van der Waals surface area contributed by atoms with Crippen LogP contribution in [0.15, 0.2) is 35.7 Å². The molecule has 0 radical (unpaired) electrons. The Bertz CT molecular complexity index is 763. The van der Waals surface area contributed by atoms with E-state index in [0.29, 0.717) is 29.3 Å². The SMILES string of the molecule is COc1ccc(CC2(N)N=C(N)c3ncncc3N2)c(OC)c1. The van der Waals surface area contributed by atoms with Crippen molar-refractivity contribution >= 4 is 11.5 Å². The molecule has 1 aromatic heterocycles. The second-order valence-electron chi connectivity index (χ2n) is 5.19. The summed E-state index contributed by atoms with van der Waals surface area (Å²) in [6.45, 7) is 0. The predicted molar refractivity (Wildman–Crippen MR) is 86.5 cm³/mol. The number of methoxy groups -OCH3 is 2. The van der Waals surface area contributed by atoms with Crippen LogP contribution in [0, 0.1) is 0 Å². The van der Waals surface area contributed by atoms with Crippen LogP contribution >= 0.6 is 0 Å². The third kappa shape index (κ3) is 2.88. The van der Waals surface area contributed by atoms with E-state index in [9.17, 15) is 0 Å². The van der Waals surface area contributed by atoms with Crippen molar-refractivity contribution in [2.45, 2.75) is 12.2 Å². The summed E-state index contributed by atoms with van der Waals surface area (Å²) in [5, 5.41) is 3.13. The lowest BCUT2D eigenvalue weighted by atomic mass is 10.0. The van der Waals surface area contributed by atoms with E-state index in [2.05, 4.69) is 20.3 Å². The third-order valence-electron chi connectivity index (χ3n) is 3.58. The van der Waals surface area contributed by atoms with E-state index in [4.69, 9.17) is 20.9 Å². The summed E-state index contributed by atoms with van der Waals surface area (Å²) in [6.07, 6.45) is 3.41. The van der Waals surface area contributed by atoms with Gasteiger partial charge < -0.3 is 20.5 Å². The lowest BCUT2D eigenvalue weighted by Gasteiger charge is -2.32. The minimum Gasteiger partial charge on any atom is -0.497 e. The molecule has 0 aliphatic carbocycles. The van der Waals surface area contributed by atoms with Gasteiger partial charge in [-0.15, -0.1) is 0 Å².